The Bertz CT molecular complexity index is 655. The van der Waals surface area contributed by atoms with E-state index in [0.717, 1.165) is 28.0 Å². The van der Waals surface area contributed by atoms with Crippen LogP contribution in [-0.4, -0.2) is 41.4 Å². The number of nitrogens with zero attached hydrogens (tertiary/aromatic N) is 1. The zero-order valence-electron chi connectivity index (χ0n) is 13.6. The molecule has 24 heavy (non-hydrogen) atoms. The maximum absolute atomic E-state index is 12.1. The molecule has 0 N–H and O–H groups in total. The average Bonchev–Trinajstić information content (AvgIpc) is 2.83. The van der Waals surface area contributed by atoms with Crippen molar-refractivity contribution in [2.45, 2.75) is 19.8 Å². The van der Waals surface area contributed by atoms with Crippen molar-refractivity contribution in [3.05, 3.63) is 34.7 Å². The number of benzene rings is 1. The van der Waals surface area contributed by atoms with Gasteiger partial charge in [0.2, 0.25) is 0 Å². The minimum absolute atomic E-state index is 0.108. The SMILES string of the molecule is CCOC(=O)CCCN1C(=O)S/C(=C/c2ccc(OC)cc2)C1=S. The molecule has 7 heteroatoms. The number of ether oxygens (including phenoxy) is 2. The average molecular weight is 365 g/mol. The van der Waals surface area contributed by atoms with Crippen molar-refractivity contribution in [1.82, 2.24) is 4.90 Å². The highest BCUT2D eigenvalue weighted by Gasteiger charge is 2.31. The molecule has 0 aromatic heterocycles. The molecule has 1 aromatic carbocycles. The van der Waals surface area contributed by atoms with E-state index in [1.807, 2.05) is 30.3 Å². The third-order valence-electron chi connectivity index (χ3n) is 3.36. The van der Waals surface area contributed by atoms with E-state index in [-0.39, 0.29) is 17.6 Å². The maximum atomic E-state index is 12.1. The van der Waals surface area contributed by atoms with Gasteiger partial charge in [-0.3, -0.25) is 14.5 Å². The monoisotopic (exact) mass is 365 g/mol. The molecule has 2 rings (SSSR count). The third-order valence-corrected chi connectivity index (χ3v) is 4.85. The van der Waals surface area contributed by atoms with Crippen molar-refractivity contribution in [2.24, 2.45) is 0 Å². The standard InChI is InChI=1S/C17H19NO4S2/c1-3-22-15(19)5-4-10-18-16(23)14(24-17(18)20)11-12-6-8-13(21-2)9-7-12/h6-9,11H,3-5,10H2,1-2H3/b14-11+. The van der Waals surface area contributed by atoms with E-state index in [9.17, 15) is 9.59 Å². The smallest absolute Gasteiger partial charge is 0.305 e. The highest BCUT2D eigenvalue weighted by atomic mass is 32.2. The van der Waals surface area contributed by atoms with E-state index < -0.39 is 0 Å². The van der Waals surface area contributed by atoms with Crippen LogP contribution in [0.5, 0.6) is 5.75 Å². The van der Waals surface area contributed by atoms with Gasteiger partial charge in [-0.15, -0.1) is 0 Å². The molecule has 0 aliphatic carbocycles. The fourth-order valence-corrected chi connectivity index (χ4v) is 3.45. The molecule has 0 unspecified atom stereocenters. The number of carbonyl (C=O) groups excluding carboxylic acids is 2. The van der Waals surface area contributed by atoms with Gasteiger partial charge in [0.1, 0.15) is 10.7 Å². The molecule has 0 saturated carbocycles. The summed E-state index contributed by atoms with van der Waals surface area (Å²) in [6, 6.07) is 7.52. The van der Waals surface area contributed by atoms with E-state index in [1.54, 1.807) is 14.0 Å². The van der Waals surface area contributed by atoms with Gasteiger partial charge in [0, 0.05) is 13.0 Å². The molecule has 0 atom stereocenters. The van der Waals surface area contributed by atoms with Gasteiger partial charge >= 0.3 is 5.97 Å². The van der Waals surface area contributed by atoms with Gasteiger partial charge in [0.05, 0.1) is 18.6 Å². The van der Waals surface area contributed by atoms with Gasteiger partial charge in [-0.1, -0.05) is 24.4 Å². The number of methoxy groups -OCH3 is 1. The van der Waals surface area contributed by atoms with Crippen LogP contribution < -0.4 is 4.74 Å². The third kappa shape index (κ3) is 4.82. The molecule has 1 aliphatic heterocycles. The summed E-state index contributed by atoms with van der Waals surface area (Å²) >= 11 is 6.51. The summed E-state index contributed by atoms with van der Waals surface area (Å²) in [4.78, 5) is 26.3. The Morgan fingerprint density at radius 1 is 1.33 bits per heavy atom. The van der Waals surface area contributed by atoms with Gasteiger partial charge in [0.25, 0.3) is 5.24 Å². The van der Waals surface area contributed by atoms with Crippen LogP contribution in [0.25, 0.3) is 6.08 Å². The lowest BCUT2D eigenvalue weighted by Gasteiger charge is -2.14. The Labute approximate surface area is 151 Å². The van der Waals surface area contributed by atoms with Crippen LogP contribution in [0.15, 0.2) is 29.2 Å². The highest BCUT2D eigenvalue weighted by molar-refractivity contribution is 8.19. The first kappa shape index (κ1) is 18.5. The lowest BCUT2D eigenvalue weighted by molar-refractivity contribution is -0.143. The van der Waals surface area contributed by atoms with Crippen molar-refractivity contribution in [1.29, 1.82) is 0 Å². The minimum atomic E-state index is -0.253. The summed E-state index contributed by atoms with van der Waals surface area (Å²) in [5.74, 6) is 0.521. The molecule has 0 bridgehead atoms. The summed E-state index contributed by atoms with van der Waals surface area (Å²) in [6.07, 6.45) is 2.69. The van der Waals surface area contributed by atoms with Crippen LogP contribution in [0.4, 0.5) is 4.79 Å². The van der Waals surface area contributed by atoms with E-state index in [4.69, 9.17) is 21.7 Å². The number of amides is 1. The second kappa shape index (κ2) is 8.84. The number of esters is 1. The summed E-state index contributed by atoms with van der Waals surface area (Å²) in [5.41, 5.74) is 0.946. The largest absolute Gasteiger partial charge is 0.497 e. The number of hydrogen-bond donors (Lipinski definition) is 0. The first-order valence-electron chi connectivity index (χ1n) is 7.60. The predicted molar refractivity (Wildman–Crippen MR) is 99.1 cm³/mol. The Hall–Kier alpha value is -1.86. The fraction of sp³-hybridized carbons (Fsp3) is 0.353. The number of hydrogen-bond acceptors (Lipinski definition) is 6. The molecule has 1 fully saturated rings. The van der Waals surface area contributed by atoms with Gasteiger partial charge < -0.3 is 9.47 Å². The van der Waals surface area contributed by atoms with Crippen LogP contribution >= 0.6 is 24.0 Å². The van der Waals surface area contributed by atoms with Crippen molar-refractivity contribution in [2.75, 3.05) is 20.3 Å². The van der Waals surface area contributed by atoms with Crippen molar-refractivity contribution in [3.63, 3.8) is 0 Å². The van der Waals surface area contributed by atoms with Gasteiger partial charge in [-0.05, 0) is 48.9 Å². The first-order chi connectivity index (χ1) is 11.5. The maximum Gasteiger partial charge on any atom is 0.305 e. The van der Waals surface area contributed by atoms with Crippen LogP contribution in [0, 0.1) is 0 Å². The second-order valence-corrected chi connectivity index (χ2v) is 6.39. The number of thiocarbonyl (C=S) groups is 1. The van der Waals surface area contributed by atoms with E-state index >= 15 is 0 Å². The van der Waals surface area contributed by atoms with Crippen LogP contribution in [0.1, 0.15) is 25.3 Å². The predicted octanol–water partition coefficient (Wildman–Crippen LogP) is 3.88. The Morgan fingerprint density at radius 3 is 2.67 bits per heavy atom. The molecule has 128 valence electrons. The Balaban J connectivity index is 1.97. The minimum Gasteiger partial charge on any atom is -0.497 e. The van der Waals surface area contributed by atoms with Crippen molar-refractivity contribution >= 4 is 46.3 Å². The zero-order valence-corrected chi connectivity index (χ0v) is 15.2. The van der Waals surface area contributed by atoms with Crippen LogP contribution in [0.3, 0.4) is 0 Å². The quantitative estimate of drug-likeness (QED) is 0.415. The lowest BCUT2D eigenvalue weighted by Crippen LogP contribution is -2.28. The molecule has 1 amide bonds. The Kier molecular flexibility index (Phi) is 6.81. The summed E-state index contributed by atoms with van der Waals surface area (Å²) in [5, 5.41) is -0.108. The van der Waals surface area contributed by atoms with Crippen molar-refractivity contribution in [3.8, 4) is 5.75 Å². The van der Waals surface area contributed by atoms with Gasteiger partial charge in [-0.2, -0.15) is 0 Å². The fourth-order valence-electron chi connectivity index (χ4n) is 2.16. The van der Waals surface area contributed by atoms with E-state index in [0.29, 0.717) is 24.6 Å². The van der Waals surface area contributed by atoms with Crippen LogP contribution in [0.2, 0.25) is 0 Å². The molecule has 1 heterocycles. The van der Waals surface area contributed by atoms with Gasteiger partial charge in [-0.25, -0.2) is 0 Å². The summed E-state index contributed by atoms with van der Waals surface area (Å²) < 4.78 is 10.0. The summed E-state index contributed by atoms with van der Waals surface area (Å²) in [7, 11) is 1.61. The van der Waals surface area contributed by atoms with E-state index in [1.165, 1.54) is 4.90 Å². The number of carbonyl (C=O) groups is 2. The first-order valence-corrected chi connectivity index (χ1v) is 8.82. The lowest BCUT2D eigenvalue weighted by atomic mass is 10.2. The molecule has 0 spiro atoms. The number of thioether (sulfide) groups is 1. The second-order valence-electron chi connectivity index (χ2n) is 5.02. The highest BCUT2D eigenvalue weighted by Crippen LogP contribution is 2.33. The summed E-state index contributed by atoms with van der Waals surface area (Å²) in [6.45, 7) is 2.55. The van der Waals surface area contributed by atoms with Gasteiger partial charge in [0.15, 0.2) is 0 Å². The van der Waals surface area contributed by atoms with Crippen LogP contribution in [-0.2, 0) is 9.53 Å². The van der Waals surface area contributed by atoms with Crippen molar-refractivity contribution < 1.29 is 19.1 Å². The zero-order chi connectivity index (χ0) is 17.5. The molecule has 5 nitrogen and oxygen atoms in total. The normalized spacial score (nSPS) is 15.9. The molecular weight excluding hydrogens is 346 g/mol. The molecule has 1 aliphatic rings. The van der Waals surface area contributed by atoms with E-state index in [2.05, 4.69) is 0 Å². The number of rotatable bonds is 7. The molecule has 1 aromatic rings. The molecule has 0 radical (unpaired) electrons. The topological polar surface area (TPSA) is 55.8 Å². The molecule has 1 saturated heterocycles. The molecular formula is C17H19NO4S2. The Morgan fingerprint density at radius 2 is 2.04 bits per heavy atom.